The molecule has 1 fully saturated rings. The number of nitrogens with zero attached hydrogens (tertiary/aromatic N) is 4. The average molecular weight is 420 g/mol. The zero-order valence-electron chi connectivity index (χ0n) is 17.4. The molecule has 0 saturated carbocycles. The molecule has 160 valence electrons. The predicted octanol–water partition coefficient (Wildman–Crippen LogP) is 1.39. The number of piperazine rings is 1. The van der Waals surface area contributed by atoms with Crippen LogP contribution in [0.25, 0.3) is 10.9 Å². The molecule has 0 atom stereocenters. The summed E-state index contributed by atoms with van der Waals surface area (Å²) in [5.74, 6) is -0.215. The summed E-state index contributed by atoms with van der Waals surface area (Å²) in [6, 6.07) is 9.65. The second-order valence-corrected chi connectivity index (χ2v) is 8.07. The first-order valence-electron chi connectivity index (χ1n) is 10.5. The van der Waals surface area contributed by atoms with Crippen LogP contribution in [-0.2, 0) is 17.8 Å². The summed E-state index contributed by atoms with van der Waals surface area (Å²) in [4.78, 5) is 46.2. The third kappa shape index (κ3) is 3.45. The fourth-order valence-corrected chi connectivity index (χ4v) is 4.38. The predicted molar refractivity (Wildman–Crippen MR) is 113 cm³/mol. The molecule has 0 radical (unpaired) electrons. The molecule has 4 heterocycles. The van der Waals surface area contributed by atoms with Gasteiger partial charge in [-0.05, 0) is 12.1 Å². The minimum Gasteiger partial charge on any atom is -0.351 e. The fourth-order valence-electron chi connectivity index (χ4n) is 4.38. The third-order valence-corrected chi connectivity index (χ3v) is 6.20. The molecular formula is C22H24N6O3. The van der Waals surface area contributed by atoms with E-state index < -0.39 is 0 Å². The van der Waals surface area contributed by atoms with Crippen molar-refractivity contribution >= 4 is 28.6 Å². The Kier molecular flexibility index (Phi) is 4.72. The van der Waals surface area contributed by atoms with Crippen LogP contribution >= 0.6 is 0 Å². The number of hydrogen-bond donors (Lipinski definition) is 2. The molecule has 1 saturated heterocycles. The van der Waals surface area contributed by atoms with Crippen molar-refractivity contribution < 1.29 is 14.4 Å². The van der Waals surface area contributed by atoms with Crippen LogP contribution < -0.4 is 0 Å². The summed E-state index contributed by atoms with van der Waals surface area (Å²) in [5, 5.41) is 8.26. The van der Waals surface area contributed by atoms with Gasteiger partial charge in [0.15, 0.2) is 5.69 Å². The Balaban J connectivity index is 1.33. The van der Waals surface area contributed by atoms with Gasteiger partial charge in [0.1, 0.15) is 5.69 Å². The molecular weight excluding hydrogens is 396 g/mol. The molecule has 2 N–H and O–H groups in total. The minimum atomic E-state index is -0.152. The third-order valence-electron chi connectivity index (χ3n) is 6.20. The molecule has 2 aliphatic heterocycles. The minimum absolute atomic E-state index is 0.0235. The lowest BCUT2D eigenvalue weighted by Gasteiger charge is -2.34. The molecule has 0 spiro atoms. The largest absolute Gasteiger partial charge is 0.351 e. The summed E-state index contributed by atoms with van der Waals surface area (Å²) in [7, 11) is 0. The normalized spacial score (nSPS) is 16.5. The van der Waals surface area contributed by atoms with E-state index in [0.717, 1.165) is 22.2 Å². The van der Waals surface area contributed by atoms with Crippen molar-refractivity contribution in [3.63, 3.8) is 0 Å². The molecule has 31 heavy (non-hydrogen) atoms. The molecule has 0 bridgehead atoms. The second kappa shape index (κ2) is 7.57. The summed E-state index contributed by atoms with van der Waals surface area (Å²) >= 11 is 0. The molecule has 3 amide bonds. The van der Waals surface area contributed by atoms with Gasteiger partial charge in [-0.3, -0.25) is 19.5 Å². The van der Waals surface area contributed by atoms with Crippen LogP contribution in [-0.4, -0.2) is 80.3 Å². The van der Waals surface area contributed by atoms with E-state index in [0.29, 0.717) is 57.1 Å². The highest BCUT2D eigenvalue weighted by molar-refractivity contribution is 5.98. The second-order valence-electron chi connectivity index (χ2n) is 8.07. The van der Waals surface area contributed by atoms with Gasteiger partial charge in [-0.25, -0.2) is 0 Å². The van der Waals surface area contributed by atoms with Crippen LogP contribution in [0.2, 0.25) is 0 Å². The first kappa shape index (κ1) is 19.3. The number of fused-ring (bicyclic) bond motifs is 2. The number of benzene rings is 1. The number of para-hydroxylation sites is 1. The molecule has 0 aliphatic carbocycles. The maximum Gasteiger partial charge on any atom is 0.274 e. The first-order chi connectivity index (χ1) is 15.0. The topological polar surface area (TPSA) is 105 Å². The zero-order valence-corrected chi connectivity index (χ0v) is 17.4. The van der Waals surface area contributed by atoms with E-state index in [1.165, 1.54) is 0 Å². The summed E-state index contributed by atoms with van der Waals surface area (Å²) in [6.07, 6.45) is 0.625. The highest BCUT2D eigenvalue weighted by Crippen LogP contribution is 2.24. The van der Waals surface area contributed by atoms with Gasteiger partial charge in [0, 0.05) is 68.2 Å². The van der Waals surface area contributed by atoms with Crippen LogP contribution in [0.4, 0.5) is 0 Å². The van der Waals surface area contributed by atoms with Gasteiger partial charge in [-0.2, -0.15) is 5.10 Å². The number of H-pyrrole nitrogens is 2. The van der Waals surface area contributed by atoms with Crippen molar-refractivity contribution in [1.82, 2.24) is 29.9 Å². The van der Waals surface area contributed by atoms with Crippen LogP contribution in [0.3, 0.4) is 0 Å². The Morgan fingerprint density at radius 1 is 0.935 bits per heavy atom. The highest BCUT2D eigenvalue weighted by Gasteiger charge is 2.32. The SMILES string of the molecule is CC(=O)N1CCN(C(=O)c2n[nH]c3c2CN(C(=O)c2cc4ccccc4[nH]2)CC3)CC1. The highest BCUT2D eigenvalue weighted by atomic mass is 16.2. The number of nitrogens with one attached hydrogen (secondary N) is 2. The lowest BCUT2D eigenvalue weighted by molar-refractivity contribution is -0.130. The van der Waals surface area contributed by atoms with Crippen molar-refractivity contribution in [2.75, 3.05) is 32.7 Å². The first-order valence-corrected chi connectivity index (χ1v) is 10.5. The Morgan fingerprint density at radius 3 is 2.42 bits per heavy atom. The number of rotatable bonds is 2. The van der Waals surface area contributed by atoms with Crippen LogP contribution in [0, 0.1) is 0 Å². The fraction of sp³-hybridized carbons (Fsp3) is 0.364. The molecule has 9 heteroatoms. The van der Waals surface area contributed by atoms with Crippen LogP contribution in [0.15, 0.2) is 30.3 Å². The van der Waals surface area contributed by atoms with Gasteiger partial charge in [0.05, 0.1) is 6.54 Å². The zero-order chi connectivity index (χ0) is 21.5. The number of carbonyl (C=O) groups is 3. The van der Waals surface area contributed by atoms with E-state index in [2.05, 4.69) is 15.2 Å². The Hall–Kier alpha value is -3.62. The van der Waals surface area contributed by atoms with Gasteiger partial charge in [-0.1, -0.05) is 18.2 Å². The van der Waals surface area contributed by atoms with Gasteiger partial charge in [0.2, 0.25) is 5.91 Å². The van der Waals surface area contributed by atoms with E-state index in [-0.39, 0.29) is 17.7 Å². The smallest absolute Gasteiger partial charge is 0.274 e. The average Bonchev–Trinajstić information content (AvgIpc) is 3.42. The molecule has 5 rings (SSSR count). The molecule has 2 aromatic heterocycles. The quantitative estimate of drug-likeness (QED) is 0.654. The van der Waals surface area contributed by atoms with Gasteiger partial charge in [0.25, 0.3) is 11.8 Å². The van der Waals surface area contributed by atoms with Gasteiger partial charge < -0.3 is 19.7 Å². The van der Waals surface area contributed by atoms with E-state index in [1.54, 1.807) is 21.6 Å². The van der Waals surface area contributed by atoms with Crippen LogP contribution in [0.1, 0.15) is 39.2 Å². The number of aromatic nitrogens is 3. The molecule has 1 aromatic carbocycles. The molecule has 0 unspecified atom stereocenters. The van der Waals surface area contributed by atoms with Crippen molar-refractivity contribution in [2.45, 2.75) is 19.9 Å². The maximum atomic E-state index is 13.1. The van der Waals surface area contributed by atoms with E-state index in [4.69, 9.17) is 0 Å². The van der Waals surface area contributed by atoms with Gasteiger partial charge >= 0.3 is 0 Å². The summed E-state index contributed by atoms with van der Waals surface area (Å²) < 4.78 is 0. The van der Waals surface area contributed by atoms with Gasteiger partial charge in [-0.15, -0.1) is 0 Å². The van der Waals surface area contributed by atoms with E-state index >= 15 is 0 Å². The monoisotopic (exact) mass is 420 g/mol. The summed E-state index contributed by atoms with van der Waals surface area (Å²) in [5.41, 5.74) is 3.54. The van der Waals surface area contributed by atoms with E-state index in [9.17, 15) is 14.4 Å². The lowest BCUT2D eigenvalue weighted by Crippen LogP contribution is -2.50. The summed E-state index contributed by atoms with van der Waals surface area (Å²) in [6.45, 7) is 4.47. The Morgan fingerprint density at radius 2 is 1.68 bits per heavy atom. The Bertz CT molecular complexity index is 1140. The van der Waals surface area contributed by atoms with Crippen molar-refractivity contribution in [3.8, 4) is 0 Å². The van der Waals surface area contributed by atoms with Crippen molar-refractivity contribution in [3.05, 3.63) is 53.0 Å². The van der Waals surface area contributed by atoms with E-state index in [1.807, 2.05) is 30.3 Å². The van der Waals surface area contributed by atoms with Crippen LogP contribution in [0.5, 0.6) is 0 Å². The number of aromatic amines is 2. The Labute approximate surface area is 179 Å². The lowest BCUT2D eigenvalue weighted by atomic mass is 10.0. The number of amides is 3. The standard InChI is InChI=1S/C22H24N6O3/c1-14(29)26-8-10-27(11-9-26)22(31)20-16-13-28(7-6-18(16)24-25-20)21(30)19-12-15-4-2-3-5-17(15)23-19/h2-5,12,23H,6-11,13H2,1H3,(H,24,25). The molecule has 3 aromatic rings. The molecule has 2 aliphatic rings. The number of carbonyl (C=O) groups excluding carboxylic acids is 3. The molecule has 9 nitrogen and oxygen atoms in total. The number of hydrogen-bond acceptors (Lipinski definition) is 4. The maximum absolute atomic E-state index is 13.1. The van der Waals surface area contributed by atoms with Crippen molar-refractivity contribution in [2.24, 2.45) is 0 Å². The van der Waals surface area contributed by atoms with Crippen molar-refractivity contribution in [1.29, 1.82) is 0 Å².